The second-order valence-corrected chi connectivity index (χ2v) is 7.00. The molecule has 0 saturated heterocycles. The number of aryl methyl sites for hydroxylation is 2. The summed E-state index contributed by atoms with van der Waals surface area (Å²) in [5, 5.41) is 14.7. The van der Waals surface area contributed by atoms with Crippen LogP contribution in [0.3, 0.4) is 0 Å². The van der Waals surface area contributed by atoms with E-state index in [-0.39, 0.29) is 11.8 Å². The summed E-state index contributed by atoms with van der Waals surface area (Å²) in [6.45, 7) is 4.17. The number of hydrogen-bond donors (Lipinski definition) is 1. The molecule has 2 heterocycles. The molecule has 0 amide bonds. The van der Waals surface area contributed by atoms with Crippen LogP contribution >= 0.6 is 0 Å². The molecule has 0 saturated carbocycles. The van der Waals surface area contributed by atoms with Crippen molar-refractivity contribution in [1.29, 1.82) is 5.26 Å². The zero-order chi connectivity index (χ0) is 19.7. The van der Waals surface area contributed by atoms with Crippen LogP contribution in [-0.4, -0.2) is 9.78 Å². The highest BCUT2D eigenvalue weighted by Gasteiger charge is 2.36. The van der Waals surface area contributed by atoms with E-state index in [0.29, 0.717) is 11.5 Å². The lowest BCUT2D eigenvalue weighted by molar-refractivity contribution is 0.367. The predicted molar refractivity (Wildman–Crippen MR) is 108 cm³/mol. The molecule has 0 bridgehead atoms. The molecule has 0 spiro atoms. The third-order valence-corrected chi connectivity index (χ3v) is 5.02. The lowest BCUT2D eigenvalue weighted by atomic mass is 9.83. The highest BCUT2D eigenvalue weighted by Crippen LogP contribution is 2.45. The van der Waals surface area contributed by atoms with Crippen LogP contribution in [0.1, 0.15) is 41.6 Å². The fourth-order valence-electron chi connectivity index (χ4n) is 3.67. The van der Waals surface area contributed by atoms with Crippen LogP contribution in [0.5, 0.6) is 5.88 Å². The van der Waals surface area contributed by atoms with E-state index in [1.807, 2.05) is 37.3 Å². The van der Waals surface area contributed by atoms with Gasteiger partial charge in [0.25, 0.3) is 0 Å². The Kier molecular flexibility index (Phi) is 4.62. The van der Waals surface area contributed by atoms with Crippen LogP contribution in [0.15, 0.2) is 66.1 Å². The van der Waals surface area contributed by atoms with Gasteiger partial charge in [0.05, 0.1) is 22.9 Å². The van der Waals surface area contributed by atoms with Gasteiger partial charge in [-0.15, -0.1) is 0 Å². The molecule has 5 heteroatoms. The van der Waals surface area contributed by atoms with Crippen LogP contribution in [-0.2, 0) is 6.42 Å². The van der Waals surface area contributed by atoms with Gasteiger partial charge >= 0.3 is 0 Å². The average molecular weight is 370 g/mol. The topological polar surface area (TPSA) is 76.9 Å². The minimum absolute atomic E-state index is 0.140. The molecule has 0 unspecified atom stereocenters. The number of nitrogens with two attached hydrogens (primary N) is 1. The average Bonchev–Trinajstić information content (AvgIpc) is 3.06. The monoisotopic (exact) mass is 370 g/mol. The molecule has 28 heavy (non-hydrogen) atoms. The smallest absolute Gasteiger partial charge is 0.229 e. The van der Waals surface area contributed by atoms with Gasteiger partial charge in [-0.3, -0.25) is 0 Å². The molecule has 4 rings (SSSR count). The van der Waals surface area contributed by atoms with Crippen LogP contribution < -0.4 is 10.5 Å². The second kappa shape index (κ2) is 7.24. The Morgan fingerprint density at radius 3 is 2.50 bits per heavy atom. The molecular formula is C23H22N4O. The summed E-state index contributed by atoms with van der Waals surface area (Å²) in [5.74, 6) is 0.450. The molecule has 3 aromatic rings. The van der Waals surface area contributed by atoms with Gasteiger partial charge in [-0.25, -0.2) is 4.68 Å². The third-order valence-electron chi connectivity index (χ3n) is 5.02. The molecule has 0 fully saturated rings. The maximum absolute atomic E-state index is 9.82. The first-order valence-corrected chi connectivity index (χ1v) is 9.45. The summed E-state index contributed by atoms with van der Waals surface area (Å²) in [5.41, 5.74) is 11.6. The van der Waals surface area contributed by atoms with Gasteiger partial charge in [-0.05, 0) is 31.0 Å². The van der Waals surface area contributed by atoms with Crippen molar-refractivity contribution < 1.29 is 4.74 Å². The van der Waals surface area contributed by atoms with Crippen molar-refractivity contribution in [2.24, 2.45) is 5.73 Å². The summed E-state index contributed by atoms with van der Waals surface area (Å²) in [7, 11) is 0. The summed E-state index contributed by atoms with van der Waals surface area (Å²) in [4.78, 5) is 0. The summed E-state index contributed by atoms with van der Waals surface area (Å²) >= 11 is 0. The summed E-state index contributed by atoms with van der Waals surface area (Å²) in [6.07, 6.45) is 1.74. The van der Waals surface area contributed by atoms with E-state index in [1.54, 1.807) is 4.68 Å². The van der Waals surface area contributed by atoms with Gasteiger partial charge in [-0.1, -0.05) is 61.4 Å². The predicted octanol–water partition coefficient (Wildman–Crippen LogP) is 4.35. The number of nitriles is 1. The van der Waals surface area contributed by atoms with Gasteiger partial charge in [-0.2, -0.15) is 10.4 Å². The molecule has 1 aromatic heterocycles. The van der Waals surface area contributed by atoms with Crippen molar-refractivity contribution in [3.05, 3.63) is 88.4 Å². The largest absolute Gasteiger partial charge is 0.422 e. The SMILES string of the molecule is CCCc1nn(-c2ccccc2)c2c1[C@H](c1ccc(C)cc1)C(C#N)=C(N)O2. The summed E-state index contributed by atoms with van der Waals surface area (Å²) in [6, 6.07) is 20.3. The molecule has 1 atom stereocenters. The maximum Gasteiger partial charge on any atom is 0.229 e. The summed E-state index contributed by atoms with van der Waals surface area (Å²) < 4.78 is 7.75. The lowest BCUT2D eigenvalue weighted by Crippen LogP contribution is -2.22. The fraction of sp³-hybridized carbons (Fsp3) is 0.217. The Morgan fingerprint density at radius 2 is 1.86 bits per heavy atom. The number of fused-ring (bicyclic) bond motifs is 1. The Bertz CT molecular complexity index is 1070. The molecule has 0 aliphatic carbocycles. The first kappa shape index (κ1) is 17.9. The van der Waals surface area contributed by atoms with E-state index in [4.69, 9.17) is 15.6 Å². The third kappa shape index (κ3) is 2.93. The van der Waals surface area contributed by atoms with E-state index in [1.165, 1.54) is 5.56 Å². The standard InChI is InChI=1S/C23H22N4O/c1-3-7-19-21-20(16-12-10-15(2)11-13-16)18(14-24)22(25)28-23(21)27(26-19)17-8-5-4-6-9-17/h4-6,8-13,20H,3,7,25H2,1-2H3/t20-/m1/s1. The van der Waals surface area contributed by atoms with Crippen LogP contribution in [0.2, 0.25) is 0 Å². The van der Waals surface area contributed by atoms with E-state index in [9.17, 15) is 5.26 Å². The van der Waals surface area contributed by atoms with Gasteiger partial charge in [0.1, 0.15) is 11.6 Å². The number of rotatable bonds is 4. The first-order chi connectivity index (χ1) is 13.6. The van der Waals surface area contributed by atoms with Gasteiger partial charge in [0.2, 0.25) is 11.8 Å². The zero-order valence-corrected chi connectivity index (χ0v) is 16.0. The van der Waals surface area contributed by atoms with E-state index < -0.39 is 0 Å². The van der Waals surface area contributed by atoms with E-state index >= 15 is 0 Å². The number of para-hydroxylation sites is 1. The first-order valence-electron chi connectivity index (χ1n) is 9.45. The highest BCUT2D eigenvalue weighted by atomic mass is 16.5. The van der Waals surface area contributed by atoms with E-state index in [0.717, 1.165) is 35.3 Å². The van der Waals surface area contributed by atoms with Crippen molar-refractivity contribution in [3.8, 4) is 17.6 Å². The van der Waals surface area contributed by atoms with E-state index in [2.05, 4.69) is 37.3 Å². The molecule has 140 valence electrons. The second-order valence-electron chi connectivity index (χ2n) is 7.00. The Morgan fingerprint density at radius 1 is 1.14 bits per heavy atom. The molecule has 0 radical (unpaired) electrons. The van der Waals surface area contributed by atoms with Gasteiger partial charge < -0.3 is 10.5 Å². The maximum atomic E-state index is 9.82. The fourth-order valence-corrected chi connectivity index (χ4v) is 3.67. The number of ether oxygens (including phenoxy) is 1. The minimum atomic E-state index is -0.284. The molecule has 1 aliphatic heterocycles. The quantitative estimate of drug-likeness (QED) is 0.741. The zero-order valence-electron chi connectivity index (χ0n) is 16.0. The Labute approximate surface area is 164 Å². The lowest BCUT2D eigenvalue weighted by Gasteiger charge is -2.25. The molecular weight excluding hydrogens is 348 g/mol. The highest BCUT2D eigenvalue weighted by molar-refractivity contribution is 5.57. The van der Waals surface area contributed by atoms with Crippen molar-refractivity contribution >= 4 is 0 Å². The van der Waals surface area contributed by atoms with Crippen LogP contribution in [0.4, 0.5) is 0 Å². The van der Waals surface area contributed by atoms with Crippen LogP contribution in [0.25, 0.3) is 5.69 Å². The van der Waals surface area contributed by atoms with Crippen molar-refractivity contribution in [3.63, 3.8) is 0 Å². The molecule has 2 aromatic carbocycles. The molecule has 1 aliphatic rings. The van der Waals surface area contributed by atoms with Crippen LogP contribution in [0, 0.1) is 18.3 Å². The normalized spacial score (nSPS) is 15.7. The Balaban J connectivity index is 1.97. The Hall–Kier alpha value is -3.52. The van der Waals surface area contributed by atoms with Gasteiger partial charge in [0, 0.05) is 0 Å². The molecule has 2 N–H and O–H groups in total. The number of aromatic nitrogens is 2. The van der Waals surface area contributed by atoms with Gasteiger partial charge in [0.15, 0.2) is 0 Å². The minimum Gasteiger partial charge on any atom is -0.422 e. The number of benzene rings is 2. The number of hydrogen-bond acceptors (Lipinski definition) is 4. The molecule has 5 nitrogen and oxygen atoms in total. The van der Waals surface area contributed by atoms with Crippen molar-refractivity contribution in [2.45, 2.75) is 32.6 Å². The van der Waals surface area contributed by atoms with Crippen molar-refractivity contribution in [1.82, 2.24) is 9.78 Å². The number of allylic oxidation sites excluding steroid dienone is 1. The van der Waals surface area contributed by atoms with Crippen molar-refractivity contribution in [2.75, 3.05) is 0 Å². The number of nitrogens with zero attached hydrogens (tertiary/aromatic N) is 3.